The molecule has 0 aliphatic heterocycles. The van der Waals surface area contributed by atoms with Gasteiger partial charge in [-0.1, -0.05) is 26.0 Å². The Morgan fingerprint density at radius 2 is 1.67 bits per heavy atom. The van der Waals surface area contributed by atoms with Crippen LogP contribution in [0.25, 0.3) is 0 Å². The highest BCUT2D eigenvalue weighted by Gasteiger charge is 2.03. The lowest BCUT2D eigenvalue weighted by Gasteiger charge is -2.10. The quantitative estimate of drug-likeness (QED) is 0.883. The second-order valence-electron chi connectivity index (χ2n) is 4.88. The lowest BCUT2D eigenvalue weighted by Crippen LogP contribution is -2.00. The maximum atomic E-state index is 4.38. The van der Waals surface area contributed by atoms with Gasteiger partial charge in [0, 0.05) is 17.1 Å². The van der Waals surface area contributed by atoms with Crippen LogP contribution < -0.4 is 5.32 Å². The summed E-state index contributed by atoms with van der Waals surface area (Å²) in [5.74, 6) is 1.18. The molecule has 3 nitrogen and oxygen atoms in total. The van der Waals surface area contributed by atoms with E-state index in [4.69, 9.17) is 0 Å². The van der Waals surface area contributed by atoms with E-state index in [1.807, 2.05) is 26.0 Å². The highest BCUT2D eigenvalue weighted by Crippen LogP contribution is 2.20. The highest BCUT2D eigenvalue weighted by molar-refractivity contribution is 5.54. The van der Waals surface area contributed by atoms with Crippen LogP contribution in [-0.2, 0) is 0 Å². The molecule has 1 N–H and O–H groups in total. The Bertz CT molecular complexity index is 527. The molecule has 0 fully saturated rings. The van der Waals surface area contributed by atoms with Crippen LogP contribution in [0.4, 0.5) is 11.6 Å². The molecule has 0 amide bonds. The van der Waals surface area contributed by atoms with Crippen molar-refractivity contribution in [3.63, 3.8) is 0 Å². The first-order chi connectivity index (χ1) is 8.54. The van der Waals surface area contributed by atoms with Gasteiger partial charge in [0.05, 0.1) is 0 Å². The van der Waals surface area contributed by atoms with Crippen LogP contribution in [0, 0.1) is 13.8 Å². The van der Waals surface area contributed by atoms with Crippen LogP contribution in [0.15, 0.2) is 30.3 Å². The standard InChI is InChI=1S/C15H19N3/c1-10(2)13-6-5-7-14(9-13)18-15-16-11(3)8-12(4)17-15/h5-10H,1-4H3,(H,16,17,18). The zero-order valence-electron chi connectivity index (χ0n) is 11.4. The Morgan fingerprint density at radius 3 is 2.28 bits per heavy atom. The highest BCUT2D eigenvalue weighted by atomic mass is 15.1. The number of hydrogen-bond donors (Lipinski definition) is 1. The molecule has 1 aromatic carbocycles. The molecular weight excluding hydrogens is 222 g/mol. The monoisotopic (exact) mass is 241 g/mol. The molecule has 1 heterocycles. The van der Waals surface area contributed by atoms with E-state index in [1.54, 1.807) is 0 Å². The van der Waals surface area contributed by atoms with Crippen molar-refractivity contribution >= 4 is 11.6 Å². The number of nitrogens with zero attached hydrogens (tertiary/aromatic N) is 2. The van der Waals surface area contributed by atoms with Crippen LogP contribution in [0.2, 0.25) is 0 Å². The van der Waals surface area contributed by atoms with Gasteiger partial charge in [0.25, 0.3) is 0 Å². The molecule has 0 saturated heterocycles. The molecule has 18 heavy (non-hydrogen) atoms. The number of aryl methyl sites for hydroxylation is 2. The van der Waals surface area contributed by atoms with Crippen LogP contribution >= 0.6 is 0 Å². The smallest absolute Gasteiger partial charge is 0.227 e. The minimum absolute atomic E-state index is 0.520. The summed E-state index contributed by atoms with van der Waals surface area (Å²) >= 11 is 0. The molecule has 0 radical (unpaired) electrons. The van der Waals surface area contributed by atoms with E-state index in [2.05, 4.69) is 47.3 Å². The topological polar surface area (TPSA) is 37.8 Å². The average molecular weight is 241 g/mol. The number of hydrogen-bond acceptors (Lipinski definition) is 3. The van der Waals surface area contributed by atoms with E-state index in [9.17, 15) is 0 Å². The predicted octanol–water partition coefficient (Wildman–Crippen LogP) is 3.96. The first kappa shape index (κ1) is 12.6. The summed E-state index contributed by atoms with van der Waals surface area (Å²) in [6.45, 7) is 8.33. The fourth-order valence-electron chi connectivity index (χ4n) is 1.89. The third kappa shape index (κ3) is 3.06. The van der Waals surface area contributed by atoms with Crippen molar-refractivity contribution in [2.24, 2.45) is 0 Å². The van der Waals surface area contributed by atoms with Crippen LogP contribution in [-0.4, -0.2) is 9.97 Å². The zero-order chi connectivity index (χ0) is 13.1. The van der Waals surface area contributed by atoms with Gasteiger partial charge < -0.3 is 5.32 Å². The van der Waals surface area contributed by atoms with Crippen molar-refractivity contribution in [1.29, 1.82) is 0 Å². The van der Waals surface area contributed by atoms with E-state index in [1.165, 1.54) is 5.56 Å². The summed E-state index contributed by atoms with van der Waals surface area (Å²) in [7, 11) is 0. The van der Waals surface area contributed by atoms with Crippen LogP contribution in [0.5, 0.6) is 0 Å². The minimum atomic E-state index is 0.520. The van der Waals surface area contributed by atoms with Gasteiger partial charge in [0.15, 0.2) is 0 Å². The van der Waals surface area contributed by atoms with E-state index in [0.717, 1.165) is 17.1 Å². The van der Waals surface area contributed by atoms with Gasteiger partial charge in [0.2, 0.25) is 5.95 Å². The number of rotatable bonds is 3. The molecule has 2 aromatic rings. The number of aromatic nitrogens is 2. The largest absolute Gasteiger partial charge is 0.324 e. The van der Waals surface area contributed by atoms with Crippen molar-refractivity contribution in [3.05, 3.63) is 47.3 Å². The summed E-state index contributed by atoms with van der Waals surface area (Å²) in [5, 5.41) is 3.26. The Morgan fingerprint density at radius 1 is 1.00 bits per heavy atom. The lowest BCUT2D eigenvalue weighted by molar-refractivity contribution is 0.867. The summed E-state index contributed by atoms with van der Waals surface area (Å²) in [5.41, 5.74) is 4.30. The Labute approximate surface area is 108 Å². The second kappa shape index (κ2) is 5.17. The first-order valence-corrected chi connectivity index (χ1v) is 6.24. The molecule has 0 spiro atoms. The number of anilines is 2. The van der Waals surface area contributed by atoms with E-state index < -0.39 is 0 Å². The minimum Gasteiger partial charge on any atom is -0.324 e. The zero-order valence-corrected chi connectivity index (χ0v) is 11.4. The van der Waals surface area contributed by atoms with Crippen molar-refractivity contribution in [3.8, 4) is 0 Å². The molecule has 94 valence electrons. The van der Waals surface area contributed by atoms with Gasteiger partial charge >= 0.3 is 0 Å². The number of nitrogens with one attached hydrogen (secondary N) is 1. The van der Waals surface area contributed by atoms with Gasteiger partial charge in [-0.05, 0) is 43.5 Å². The van der Waals surface area contributed by atoms with Crippen LogP contribution in [0.3, 0.4) is 0 Å². The van der Waals surface area contributed by atoms with Crippen molar-refractivity contribution < 1.29 is 0 Å². The van der Waals surface area contributed by atoms with Crippen molar-refractivity contribution in [2.75, 3.05) is 5.32 Å². The van der Waals surface area contributed by atoms with Crippen molar-refractivity contribution in [2.45, 2.75) is 33.6 Å². The molecule has 3 heteroatoms. The Balaban J connectivity index is 2.25. The fraction of sp³-hybridized carbons (Fsp3) is 0.333. The van der Waals surface area contributed by atoms with E-state index in [0.29, 0.717) is 11.9 Å². The summed E-state index contributed by atoms with van der Waals surface area (Å²) in [4.78, 5) is 8.76. The average Bonchev–Trinajstić information content (AvgIpc) is 2.27. The molecule has 0 aliphatic rings. The molecule has 0 bridgehead atoms. The normalized spacial score (nSPS) is 10.7. The molecule has 2 rings (SSSR count). The molecular formula is C15H19N3. The fourth-order valence-corrected chi connectivity index (χ4v) is 1.89. The predicted molar refractivity (Wildman–Crippen MR) is 75.3 cm³/mol. The summed E-state index contributed by atoms with van der Waals surface area (Å²) in [6, 6.07) is 10.3. The van der Waals surface area contributed by atoms with Gasteiger partial charge in [-0.3, -0.25) is 0 Å². The molecule has 0 saturated carbocycles. The molecule has 0 aliphatic carbocycles. The maximum Gasteiger partial charge on any atom is 0.227 e. The van der Waals surface area contributed by atoms with Gasteiger partial charge in [-0.2, -0.15) is 0 Å². The van der Waals surface area contributed by atoms with Crippen molar-refractivity contribution in [1.82, 2.24) is 9.97 Å². The van der Waals surface area contributed by atoms with E-state index >= 15 is 0 Å². The first-order valence-electron chi connectivity index (χ1n) is 6.24. The third-order valence-corrected chi connectivity index (χ3v) is 2.79. The molecule has 0 atom stereocenters. The van der Waals surface area contributed by atoms with Gasteiger partial charge in [0.1, 0.15) is 0 Å². The summed E-state index contributed by atoms with van der Waals surface area (Å²) < 4.78 is 0. The number of benzene rings is 1. The van der Waals surface area contributed by atoms with Gasteiger partial charge in [-0.25, -0.2) is 9.97 Å². The SMILES string of the molecule is Cc1cc(C)nc(Nc2cccc(C(C)C)c2)n1. The van der Waals surface area contributed by atoms with Crippen LogP contribution in [0.1, 0.15) is 36.7 Å². The third-order valence-electron chi connectivity index (χ3n) is 2.79. The van der Waals surface area contributed by atoms with E-state index in [-0.39, 0.29) is 0 Å². The Hall–Kier alpha value is -1.90. The second-order valence-corrected chi connectivity index (χ2v) is 4.88. The Kier molecular flexibility index (Phi) is 3.60. The molecule has 0 unspecified atom stereocenters. The van der Waals surface area contributed by atoms with Gasteiger partial charge in [-0.15, -0.1) is 0 Å². The summed E-state index contributed by atoms with van der Waals surface area (Å²) in [6.07, 6.45) is 0. The molecule has 1 aromatic heterocycles. The maximum absolute atomic E-state index is 4.38. The lowest BCUT2D eigenvalue weighted by atomic mass is 10.0.